The van der Waals surface area contributed by atoms with Crippen molar-refractivity contribution in [2.75, 3.05) is 7.05 Å². The van der Waals surface area contributed by atoms with Crippen LogP contribution in [0, 0.1) is 6.92 Å². The second kappa shape index (κ2) is 8.71. The molecule has 17 heavy (non-hydrogen) atoms. The molecular weight excluding hydrogens is 226 g/mol. The van der Waals surface area contributed by atoms with Crippen LogP contribution >= 0.6 is 11.3 Å². The van der Waals surface area contributed by atoms with Crippen molar-refractivity contribution in [1.29, 1.82) is 0 Å². The highest BCUT2D eigenvalue weighted by molar-refractivity contribution is 7.12. The van der Waals surface area contributed by atoms with Gasteiger partial charge in [-0.05, 0) is 32.5 Å². The normalized spacial score (nSPS) is 12.9. The van der Waals surface area contributed by atoms with Crippen LogP contribution in [0.3, 0.4) is 0 Å². The molecule has 0 spiro atoms. The van der Waals surface area contributed by atoms with Gasteiger partial charge in [0.1, 0.15) is 0 Å². The van der Waals surface area contributed by atoms with Crippen molar-refractivity contribution >= 4 is 11.3 Å². The lowest BCUT2D eigenvalue weighted by Crippen LogP contribution is -2.14. The topological polar surface area (TPSA) is 12.0 Å². The number of rotatable bonds is 9. The van der Waals surface area contributed by atoms with Gasteiger partial charge < -0.3 is 5.32 Å². The molecule has 0 aromatic carbocycles. The van der Waals surface area contributed by atoms with Crippen molar-refractivity contribution in [3.63, 3.8) is 0 Å². The molecule has 0 bridgehead atoms. The Morgan fingerprint density at radius 1 is 1.12 bits per heavy atom. The smallest absolute Gasteiger partial charge is 0.0412 e. The fourth-order valence-corrected chi connectivity index (χ4v) is 3.22. The van der Waals surface area contributed by atoms with Crippen molar-refractivity contribution in [2.24, 2.45) is 0 Å². The third-order valence-corrected chi connectivity index (χ3v) is 4.41. The van der Waals surface area contributed by atoms with Gasteiger partial charge in [0.05, 0.1) is 0 Å². The van der Waals surface area contributed by atoms with E-state index in [2.05, 4.69) is 38.3 Å². The van der Waals surface area contributed by atoms with Gasteiger partial charge >= 0.3 is 0 Å². The maximum absolute atomic E-state index is 3.44. The molecule has 1 nitrogen and oxygen atoms in total. The predicted octanol–water partition coefficient (Wildman–Crippen LogP) is 5.07. The summed E-state index contributed by atoms with van der Waals surface area (Å²) in [7, 11) is 2.08. The number of hydrogen-bond acceptors (Lipinski definition) is 2. The van der Waals surface area contributed by atoms with E-state index in [1.54, 1.807) is 0 Å². The van der Waals surface area contributed by atoms with Crippen LogP contribution in [0.25, 0.3) is 0 Å². The lowest BCUT2D eigenvalue weighted by atomic mass is 10.0. The Labute approximate surface area is 111 Å². The molecule has 0 aliphatic carbocycles. The van der Waals surface area contributed by atoms with Gasteiger partial charge in [-0.3, -0.25) is 0 Å². The fraction of sp³-hybridized carbons (Fsp3) is 0.733. The molecule has 0 aliphatic heterocycles. The van der Waals surface area contributed by atoms with E-state index in [4.69, 9.17) is 0 Å². The number of nitrogens with one attached hydrogen (secondary N) is 1. The van der Waals surface area contributed by atoms with Crippen LogP contribution in [-0.2, 0) is 0 Å². The molecule has 0 fully saturated rings. The summed E-state index contributed by atoms with van der Waals surface area (Å²) in [5.74, 6) is 0. The summed E-state index contributed by atoms with van der Waals surface area (Å²) in [6.07, 6.45) is 9.59. The van der Waals surface area contributed by atoms with Crippen LogP contribution in [0.1, 0.15) is 67.7 Å². The van der Waals surface area contributed by atoms with Gasteiger partial charge in [-0.1, -0.05) is 45.4 Å². The Hall–Kier alpha value is -0.340. The highest BCUT2D eigenvalue weighted by Gasteiger charge is 2.10. The van der Waals surface area contributed by atoms with E-state index >= 15 is 0 Å². The summed E-state index contributed by atoms with van der Waals surface area (Å²) in [5, 5.41) is 3.44. The third kappa shape index (κ3) is 5.69. The molecule has 1 rings (SSSR count). The summed E-state index contributed by atoms with van der Waals surface area (Å²) < 4.78 is 0. The van der Waals surface area contributed by atoms with E-state index < -0.39 is 0 Å². The van der Waals surface area contributed by atoms with E-state index in [0.717, 1.165) is 0 Å². The first-order valence-electron chi connectivity index (χ1n) is 7.01. The molecule has 0 amide bonds. The second-order valence-corrected chi connectivity index (χ2v) is 6.17. The maximum atomic E-state index is 3.44. The Kier molecular flexibility index (Phi) is 7.54. The minimum absolute atomic E-state index is 0.569. The van der Waals surface area contributed by atoms with E-state index in [1.165, 1.54) is 54.7 Å². The molecule has 1 aromatic heterocycles. The first kappa shape index (κ1) is 14.7. The molecule has 0 saturated heterocycles. The van der Waals surface area contributed by atoms with Crippen molar-refractivity contribution in [3.05, 3.63) is 21.9 Å². The molecule has 1 aromatic rings. The minimum Gasteiger partial charge on any atom is -0.312 e. The van der Waals surface area contributed by atoms with Gasteiger partial charge in [0, 0.05) is 15.8 Å². The second-order valence-electron chi connectivity index (χ2n) is 4.85. The van der Waals surface area contributed by atoms with E-state index in [-0.39, 0.29) is 0 Å². The van der Waals surface area contributed by atoms with Crippen LogP contribution in [0.4, 0.5) is 0 Å². The maximum Gasteiger partial charge on any atom is 0.0412 e. The van der Waals surface area contributed by atoms with Crippen LogP contribution in [0.5, 0.6) is 0 Å². The van der Waals surface area contributed by atoms with Gasteiger partial charge in [-0.15, -0.1) is 11.3 Å². The van der Waals surface area contributed by atoms with E-state index in [1.807, 2.05) is 11.3 Å². The summed E-state index contributed by atoms with van der Waals surface area (Å²) >= 11 is 1.93. The zero-order valence-electron chi connectivity index (χ0n) is 11.6. The van der Waals surface area contributed by atoms with E-state index in [9.17, 15) is 0 Å². The Bertz CT molecular complexity index is 293. The summed E-state index contributed by atoms with van der Waals surface area (Å²) in [5.41, 5.74) is 0. The zero-order chi connectivity index (χ0) is 12.5. The Morgan fingerprint density at radius 3 is 2.41 bits per heavy atom. The molecule has 0 aliphatic rings. The molecule has 1 unspecified atom stereocenters. The van der Waals surface area contributed by atoms with Gasteiger partial charge in [-0.2, -0.15) is 0 Å². The molecular formula is C15H27NS. The lowest BCUT2D eigenvalue weighted by Gasteiger charge is -2.14. The van der Waals surface area contributed by atoms with Gasteiger partial charge in [0.2, 0.25) is 0 Å². The minimum atomic E-state index is 0.569. The van der Waals surface area contributed by atoms with Crippen LogP contribution in [0.2, 0.25) is 0 Å². The molecule has 0 radical (unpaired) electrons. The Balaban J connectivity index is 2.19. The molecule has 2 heteroatoms. The highest BCUT2D eigenvalue weighted by atomic mass is 32.1. The fourth-order valence-electron chi connectivity index (χ4n) is 2.20. The lowest BCUT2D eigenvalue weighted by molar-refractivity contribution is 0.503. The first-order chi connectivity index (χ1) is 8.27. The van der Waals surface area contributed by atoms with Gasteiger partial charge in [0.25, 0.3) is 0 Å². The van der Waals surface area contributed by atoms with Gasteiger partial charge in [0.15, 0.2) is 0 Å². The molecule has 98 valence electrons. The largest absolute Gasteiger partial charge is 0.312 e. The average molecular weight is 253 g/mol. The summed E-state index contributed by atoms with van der Waals surface area (Å²) in [4.78, 5) is 2.92. The summed E-state index contributed by atoms with van der Waals surface area (Å²) in [6, 6.07) is 5.07. The number of hydrogen-bond donors (Lipinski definition) is 1. The van der Waals surface area contributed by atoms with Crippen molar-refractivity contribution in [1.82, 2.24) is 5.32 Å². The van der Waals surface area contributed by atoms with Crippen molar-refractivity contribution in [3.8, 4) is 0 Å². The molecule has 1 heterocycles. The zero-order valence-corrected chi connectivity index (χ0v) is 12.4. The van der Waals surface area contributed by atoms with Gasteiger partial charge in [-0.25, -0.2) is 0 Å². The Morgan fingerprint density at radius 2 is 1.82 bits per heavy atom. The van der Waals surface area contributed by atoms with Crippen molar-refractivity contribution in [2.45, 2.75) is 64.8 Å². The van der Waals surface area contributed by atoms with Crippen molar-refractivity contribution < 1.29 is 0 Å². The molecule has 1 N–H and O–H groups in total. The number of unbranched alkanes of at least 4 members (excludes halogenated alkanes) is 5. The number of thiophene rings is 1. The monoisotopic (exact) mass is 253 g/mol. The van der Waals surface area contributed by atoms with Crippen LogP contribution in [0.15, 0.2) is 12.1 Å². The predicted molar refractivity (Wildman–Crippen MR) is 78.8 cm³/mol. The van der Waals surface area contributed by atoms with Crippen LogP contribution < -0.4 is 5.32 Å². The molecule has 0 saturated carbocycles. The molecule has 1 atom stereocenters. The average Bonchev–Trinajstić information content (AvgIpc) is 2.75. The SMILES string of the molecule is CCCCCCCCC(NC)c1ccc(C)s1. The first-order valence-corrected chi connectivity index (χ1v) is 7.83. The van der Waals surface area contributed by atoms with Crippen LogP contribution in [-0.4, -0.2) is 7.05 Å². The third-order valence-electron chi connectivity index (χ3n) is 3.30. The standard InChI is InChI=1S/C15H27NS/c1-4-5-6-7-8-9-10-14(16-3)15-12-11-13(2)17-15/h11-12,14,16H,4-10H2,1-3H3. The number of aryl methyl sites for hydroxylation is 1. The highest BCUT2D eigenvalue weighted by Crippen LogP contribution is 2.26. The van der Waals surface area contributed by atoms with E-state index in [0.29, 0.717) is 6.04 Å². The summed E-state index contributed by atoms with van der Waals surface area (Å²) in [6.45, 7) is 4.46. The quantitative estimate of drug-likeness (QED) is 0.606.